The molecule has 0 radical (unpaired) electrons. The van der Waals surface area contributed by atoms with Gasteiger partial charge in [-0.15, -0.1) is 5.10 Å². The molecule has 4 aromatic rings. The van der Waals surface area contributed by atoms with E-state index in [9.17, 15) is 5.11 Å². The lowest BCUT2D eigenvalue weighted by molar-refractivity contribution is 0.126. The summed E-state index contributed by atoms with van der Waals surface area (Å²) >= 11 is 0. The molecule has 2 N–H and O–H groups in total. The largest absolute Gasteiger partial charge is 0.489 e. The van der Waals surface area contributed by atoms with Crippen LogP contribution in [0.2, 0.25) is 0 Å². The van der Waals surface area contributed by atoms with Gasteiger partial charge in [-0.3, -0.25) is 0 Å². The number of aliphatic hydroxyl groups is 1. The Hall–Kier alpha value is -3.38. The fourth-order valence-corrected chi connectivity index (χ4v) is 4.04. The first-order valence-electron chi connectivity index (χ1n) is 10.8. The maximum atomic E-state index is 9.72. The molecular formula is C25H26N4O2. The van der Waals surface area contributed by atoms with Gasteiger partial charge < -0.3 is 15.2 Å². The number of nitrogens with zero attached hydrogens (tertiary/aromatic N) is 3. The highest BCUT2D eigenvalue weighted by atomic mass is 16.5. The maximum absolute atomic E-state index is 9.72. The molecule has 0 bridgehead atoms. The predicted molar refractivity (Wildman–Crippen MR) is 121 cm³/mol. The highest BCUT2D eigenvalue weighted by Crippen LogP contribution is 2.25. The Bertz CT molecular complexity index is 1130. The van der Waals surface area contributed by atoms with Crippen molar-refractivity contribution in [3.63, 3.8) is 0 Å². The second-order valence-corrected chi connectivity index (χ2v) is 8.08. The van der Waals surface area contributed by atoms with Crippen LogP contribution in [-0.4, -0.2) is 31.9 Å². The third-order valence-electron chi connectivity index (χ3n) is 5.81. The Labute approximate surface area is 181 Å². The van der Waals surface area contributed by atoms with Crippen molar-refractivity contribution < 1.29 is 9.84 Å². The minimum Gasteiger partial charge on any atom is -0.489 e. The first kappa shape index (κ1) is 19.6. The normalized spacial score (nSPS) is 18.7. The lowest BCUT2D eigenvalue weighted by Crippen LogP contribution is -2.28. The predicted octanol–water partition coefficient (Wildman–Crippen LogP) is 4.69. The molecule has 6 nitrogen and oxygen atoms in total. The van der Waals surface area contributed by atoms with Crippen molar-refractivity contribution in [2.24, 2.45) is 0 Å². The van der Waals surface area contributed by atoms with Gasteiger partial charge in [0.2, 0.25) is 0 Å². The first-order chi connectivity index (χ1) is 15.2. The van der Waals surface area contributed by atoms with Crippen LogP contribution < -0.4 is 10.1 Å². The van der Waals surface area contributed by atoms with Gasteiger partial charge in [-0.2, -0.15) is 0 Å². The number of nitrogens with one attached hydrogen (secondary N) is 1. The van der Waals surface area contributed by atoms with E-state index in [1.165, 1.54) is 0 Å². The molecule has 6 heteroatoms. The number of benzene rings is 2. The van der Waals surface area contributed by atoms with Crippen LogP contribution in [0.15, 0.2) is 72.9 Å². The molecule has 1 aliphatic rings. The van der Waals surface area contributed by atoms with Crippen molar-refractivity contribution in [1.29, 1.82) is 0 Å². The van der Waals surface area contributed by atoms with Crippen molar-refractivity contribution in [1.82, 2.24) is 14.6 Å². The van der Waals surface area contributed by atoms with Gasteiger partial charge in [-0.1, -0.05) is 30.3 Å². The Morgan fingerprint density at radius 1 is 0.935 bits per heavy atom. The van der Waals surface area contributed by atoms with Gasteiger partial charge >= 0.3 is 0 Å². The molecule has 2 aromatic heterocycles. The standard InChI is InChI=1S/C25H26N4O2/c30-21-10-8-20(9-11-21)27-24-14-15-25-26-16-23(29(25)28-24)19-6-12-22(13-7-19)31-17-18-4-2-1-3-5-18/h1-7,12-16,20-21,30H,8-11,17H2,(H,27,28). The van der Waals surface area contributed by atoms with Gasteiger partial charge in [0, 0.05) is 11.6 Å². The minimum atomic E-state index is -0.159. The van der Waals surface area contributed by atoms with E-state index < -0.39 is 0 Å². The van der Waals surface area contributed by atoms with Gasteiger partial charge in [-0.05, 0) is 67.6 Å². The molecule has 2 aromatic carbocycles. The van der Waals surface area contributed by atoms with Crippen LogP contribution in [0.5, 0.6) is 5.75 Å². The summed E-state index contributed by atoms with van der Waals surface area (Å²) < 4.78 is 7.77. The van der Waals surface area contributed by atoms with Crippen LogP contribution in [0.1, 0.15) is 31.2 Å². The zero-order chi connectivity index (χ0) is 21.0. The summed E-state index contributed by atoms with van der Waals surface area (Å²) in [5, 5.41) is 18.0. The zero-order valence-electron chi connectivity index (χ0n) is 17.3. The van der Waals surface area contributed by atoms with Crippen molar-refractivity contribution in [3.8, 4) is 17.0 Å². The summed E-state index contributed by atoms with van der Waals surface area (Å²) in [5.74, 6) is 1.66. The summed E-state index contributed by atoms with van der Waals surface area (Å²) in [6, 6.07) is 22.5. The second-order valence-electron chi connectivity index (χ2n) is 8.08. The van der Waals surface area contributed by atoms with Crippen LogP contribution in [0, 0.1) is 0 Å². The molecule has 0 aliphatic heterocycles. The Kier molecular flexibility index (Phi) is 5.54. The molecule has 2 heterocycles. The molecule has 1 aliphatic carbocycles. The van der Waals surface area contributed by atoms with E-state index in [0.29, 0.717) is 12.6 Å². The summed E-state index contributed by atoms with van der Waals surface area (Å²) in [4.78, 5) is 4.50. The second kappa shape index (κ2) is 8.78. The van der Waals surface area contributed by atoms with Crippen molar-refractivity contribution in [3.05, 3.63) is 78.5 Å². The van der Waals surface area contributed by atoms with Crippen LogP contribution in [0.25, 0.3) is 16.9 Å². The summed E-state index contributed by atoms with van der Waals surface area (Å²) in [6.07, 6.45) is 5.30. The van der Waals surface area contributed by atoms with Gasteiger partial charge in [0.25, 0.3) is 0 Å². The minimum absolute atomic E-state index is 0.159. The highest BCUT2D eigenvalue weighted by Gasteiger charge is 2.19. The van der Waals surface area contributed by atoms with Gasteiger partial charge in [-0.25, -0.2) is 9.50 Å². The molecule has 0 amide bonds. The molecular weight excluding hydrogens is 388 g/mol. The van der Waals surface area contributed by atoms with Gasteiger partial charge in [0.1, 0.15) is 18.2 Å². The lowest BCUT2D eigenvalue weighted by atomic mass is 9.93. The molecule has 1 fully saturated rings. The van der Waals surface area contributed by atoms with Crippen molar-refractivity contribution in [2.75, 3.05) is 5.32 Å². The number of hydrogen-bond donors (Lipinski definition) is 2. The average Bonchev–Trinajstić information content (AvgIpc) is 3.24. The highest BCUT2D eigenvalue weighted by molar-refractivity contribution is 5.64. The summed E-state index contributed by atoms with van der Waals surface area (Å²) in [5.41, 5.74) is 3.92. The summed E-state index contributed by atoms with van der Waals surface area (Å²) in [7, 11) is 0. The fourth-order valence-electron chi connectivity index (χ4n) is 4.04. The topological polar surface area (TPSA) is 71.7 Å². The monoisotopic (exact) mass is 414 g/mol. The van der Waals surface area contributed by atoms with E-state index in [1.54, 1.807) is 0 Å². The number of aromatic nitrogens is 3. The number of rotatable bonds is 6. The smallest absolute Gasteiger partial charge is 0.154 e. The average molecular weight is 415 g/mol. The van der Waals surface area contributed by atoms with Crippen LogP contribution in [0.3, 0.4) is 0 Å². The van der Waals surface area contributed by atoms with Crippen LogP contribution in [0.4, 0.5) is 5.82 Å². The number of hydrogen-bond acceptors (Lipinski definition) is 5. The Morgan fingerprint density at radius 2 is 1.71 bits per heavy atom. The Balaban J connectivity index is 1.31. The number of imidazole rings is 1. The fraction of sp³-hybridized carbons (Fsp3) is 0.280. The van der Waals surface area contributed by atoms with E-state index in [0.717, 1.165) is 59.7 Å². The molecule has 1 saturated carbocycles. The zero-order valence-corrected chi connectivity index (χ0v) is 17.3. The Morgan fingerprint density at radius 3 is 2.48 bits per heavy atom. The van der Waals surface area contributed by atoms with Gasteiger partial charge in [0.15, 0.2) is 5.65 Å². The number of fused-ring (bicyclic) bond motifs is 1. The maximum Gasteiger partial charge on any atom is 0.154 e. The van der Waals surface area contributed by atoms with Crippen LogP contribution >= 0.6 is 0 Å². The van der Waals surface area contributed by atoms with E-state index in [-0.39, 0.29) is 6.10 Å². The van der Waals surface area contributed by atoms with E-state index >= 15 is 0 Å². The lowest BCUT2D eigenvalue weighted by Gasteiger charge is -2.26. The molecule has 5 rings (SSSR count). The third kappa shape index (κ3) is 4.54. The molecule has 0 saturated heterocycles. The molecule has 0 unspecified atom stereocenters. The van der Waals surface area contributed by atoms with Crippen molar-refractivity contribution in [2.45, 2.75) is 44.4 Å². The summed E-state index contributed by atoms with van der Waals surface area (Å²) in [6.45, 7) is 0.546. The first-order valence-corrected chi connectivity index (χ1v) is 10.8. The third-order valence-corrected chi connectivity index (χ3v) is 5.81. The molecule has 31 heavy (non-hydrogen) atoms. The van der Waals surface area contributed by atoms with E-state index in [1.807, 2.05) is 65.3 Å². The SMILES string of the molecule is OC1CCC(Nc2ccc3ncc(-c4ccc(OCc5ccccc5)cc4)n3n2)CC1. The van der Waals surface area contributed by atoms with E-state index in [2.05, 4.69) is 22.4 Å². The number of anilines is 1. The van der Waals surface area contributed by atoms with E-state index in [4.69, 9.17) is 9.84 Å². The molecule has 0 spiro atoms. The number of ether oxygens (including phenoxy) is 1. The number of aliphatic hydroxyl groups excluding tert-OH is 1. The van der Waals surface area contributed by atoms with Crippen molar-refractivity contribution >= 4 is 11.5 Å². The van der Waals surface area contributed by atoms with Gasteiger partial charge in [0.05, 0.1) is 18.0 Å². The molecule has 158 valence electrons. The quantitative estimate of drug-likeness (QED) is 0.479. The van der Waals surface area contributed by atoms with Crippen LogP contribution in [-0.2, 0) is 6.61 Å². The molecule has 0 atom stereocenters.